The van der Waals surface area contributed by atoms with Crippen LogP contribution in [0.15, 0.2) is 42.7 Å². The second-order valence-electron chi connectivity index (χ2n) is 10.7. The highest BCUT2D eigenvalue weighted by atomic mass is 35.5. The predicted molar refractivity (Wildman–Crippen MR) is 155 cm³/mol. The Morgan fingerprint density at radius 3 is 2.41 bits per heavy atom. The van der Waals surface area contributed by atoms with E-state index in [-0.39, 0.29) is 11.9 Å². The smallest absolute Gasteiger partial charge is 0.164 e. The van der Waals surface area contributed by atoms with Crippen LogP contribution in [-0.4, -0.2) is 68.8 Å². The standard InChI is InChI=1S/C29H32Cl2FN7/c1-37-11-13-38(14-12-37)20-7-9-21(10-8-20)39-29-26(28(33)34-17-35-29)27(36-39)19-6-5-18(24(31)16-19)15-22-23(30)3-2-4-25(22)32/h2-6,16-17,20-21H,7-15H2,1H3,(H2,33,34,35). The number of nitrogen functional groups attached to an aromatic ring is 1. The number of hydrogen-bond acceptors (Lipinski definition) is 6. The van der Waals surface area contributed by atoms with E-state index < -0.39 is 0 Å². The maximum atomic E-state index is 14.4. The largest absolute Gasteiger partial charge is 0.383 e. The number of anilines is 1. The van der Waals surface area contributed by atoms with E-state index in [0.717, 1.165) is 74.0 Å². The van der Waals surface area contributed by atoms with Gasteiger partial charge in [-0.3, -0.25) is 4.90 Å². The molecular formula is C29H32Cl2FN7. The molecule has 2 fully saturated rings. The van der Waals surface area contributed by atoms with Crippen molar-refractivity contribution in [2.45, 2.75) is 44.2 Å². The molecule has 1 aliphatic heterocycles. The van der Waals surface area contributed by atoms with Gasteiger partial charge in [0.1, 0.15) is 23.7 Å². The summed E-state index contributed by atoms with van der Waals surface area (Å²) in [5, 5.41) is 6.68. The highest BCUT2D eigenvalue weighted by molar-refractivity contribution is 6.32. The highest BCUT2D eigenvalue weighted by Gasteiger charge is 2.30. The highest BCUT2D eigenvalue weighted by Crippen LogP contribution is 2.38. The Balaban J connectivity index is 1.27. The number of likely N-dealkylation sites (N-methyl/N-ethyl adjacent to an activating group) is 1. The van der Waals surface area contributed by atoms with Gasteiger partial charge in [0, 0.05) is 59.8 Å². The lowest BCUT2D eigenvalue weighted by molar-refractivity contribution is 0.0815. The lowest BCUT2D eigenvalue weighted by atomic mass is 9.90. The van der Waals surface area contributed by atoms with Crippen LogP contribution >= 0.6 is 23.2 Å². The van der Waals surface area contributed by atoms with Crippen LogP contribution in [0.5, 0.6) is 0 Å². The van der Waals surface area contributed by atoms with Crippen LogP contribution in [0.25, 0.3) is 22.3 Å². The van der Waals surface area contributed by atoms with Crippen LogP contribution in [0.3, 0.4) is 0 Å². The zero-order chi connectivity index (χ0) is 27.1. The predicted octanol–water partition coefficient (Wildman–Crippen LogP) is 5.84. The van der Waals surface area contributed by atoms with Crippen LogP contribution in [0.4, 0.5) is 10.2 Å². The summed E-state index contributed by atoms with van der Waals surface area (Å²) in [5.74, 6) is 0.0466. The van der Waals surface area contributed by atoms with E-state index in [4.69, 9.17) is 34.0 Å². The zero-order valence-electron chi connectivity index (χ0n) is 22.0. The lowest BCUT2D eigenvalue weighted by Gasteiger charge is -2.41. The summed E-state index contributed by atoms with van der Waals surface area (Å²) in [6, 6.07) is 11.3. The van der Waals surface area contributed by atoms with E-state index in [0.29, 0.717) is 39.6 Å². The van der Waals surface area contributed by atoms with Crippen LogP contribution in [0.1, 0.15) is 42.9 Å². The number of piperazine rings is 1. The number of halogens is 3. The van der Waals surface area contributed by atoms with Crippen molar-refractivity contribution in [1.82, 2.24) is 29.5 Å². The van der Waals surface area contributed by atoms with Crippen molar-refractivity contribution < 1.29 is 4.39 Å². The fraction of sp³-hybridized carbons (Fsp3) is 0.414. The van der Waals surface area contributed by atoms with Crippen molar-refractivity contribution in [3.8, 4) is 11.3 Å². The molecule has 0 amide bonds. The van der Waals surface area contributed by atoms with Crippen LogP contribution in [0.2, 0.25) is 10.0 Å². The molecule has 0 bridgehead atoms. The second-order valence-corrected chi connectivity index (χ2v) is 11.5. The molecule has 0 radical (unpaired) electrons. The number of nitrogens with two attached hydrogens (primary N) is 1. The van der Waals surface area contributed by atoms with Gasteiger partial charge in [-0.1, -0.05) is 41.4 Å². The summed E-state index contributed by atoms with van der Waals surface area (Å²) < 4.78 is 16.4. The first-order chi connectivity index (χ1) is 18.9. The van der Waals surface area contributed by atoms with E-state index in [9.17, 15) is 4.39 Å². The average Bonchev–Trinajstić information content (AvgIpc) is 3.33. The molecular weight excluding hydrogens is 536 g/mol. The van der Waals surface area contributed by atoms with Gasteiger partial charge in [0.2, 0.25) is 0 Å². The normalized spacial score (nSPS) is 21.0. The zero-order valence-corrected chi connectivity index (χ0v) is 23.5. The Morgan fingerprint density at radius 1 is 0.949 bits per heavy atom. The number of nitrogens with zero attached hydrogens (tertiary/aromatic N) is 6. The van der Waals surface area contributed by atoms with Gasteiger partial charge >= 0.3 is 0 Å². The van der Waals surface area contributed by atoms with Gasteiger partial charge in [0.05, 0.1) is 11.4 Å². The summed E-state index contributed by atoms with van der Waals surface area (Å²) >= 11 is 13.0. The van der Waals surface area contributed by atoms with Crippen molar-refractivity contribution in [2.75, 3.05) is 39.0 Å². The van der Waals surface area contributed by atoms with Gasteiger partial charge in [-0.2, -0.15) is 5.10 Å². The molecule has 2 N–H and O–H groups in total. The van der Waals surface area contributed by atoms with Crippen molar-refractivity contribution in [3.05, 3.63) is 69.7 Å². The molecule has 1 aliphatic carbocycles. The molecule has 1 saturated carbocycles. The van der Waals surface area contributed by atoms with Gasteiger partial charge < -0.3 is 10.6 Å². The molecule has 2 aliphatic rings. The quantitative estimate of drug-likeness (QED) is 0.326. The van der Waals surface area contributed by atoms with Gasteiger partial charge in [-0.25, -0.2) is 19.0 Å². The van der Waals surface area contributed by atoms with E-state index in [1.807, 2.05) is 22.9 Å². The summed E-state index contributed by atoms with van der Waals surface area (Å²) in [6.07, 6.45) is 6.17. The third-order valence-electron chi connectivity index (χ3n) is 8.34. The van der Waals surface area contributed by atoms with Crippen molar-refractivity contribution in [3.63, 3.8) is 0 Å². The number of fused-ring (bicyclic) bond motifs is 1. The molecule has 2 aromatic heterocycles. The van der Waals surface area contributed by atoms with Gasteiger partial charge in [-0.15, -0.1) is 0 Å². The molecule has 0 atom stereocenters. The third kappa shape index (κ3) is 5.23. The molecule has 204 valence electrons. The first kappa shape index (κ1) is 26.4. The number of rotatable bonds is 5. The number of benzene rings is 2. The average molecular weight is 569 g/mol. The minimum Gasteiger partial charge on any atom is -0.383 e. The van der Waals surface area contributed by atoms with Gasteiger partial charge in [-0.05, 0) is 56.5 Å². The third-order valence-corrected chi connectivity index (χ3v) is 9.05. The van der Waals surface area contributed by atoms with Crippen molar-refractivity contribution >= 4 is 40.1 Å². The summed E-state index contributed by atoms with van der Waals surface area (Å²) in [6.45, 7) is 4.56. The fourth-order valence-corrected chi connectivity index (χ4v) is 6.51. The molecule has 6 rings (SSSR count). The molecule has 39 heavy (non-hydrogen) atoms. The van der Waals surface area contributed by atoms with Gasteiger partial charge in [0.15, 0.2) is 5.65 Å². The summed E-state index contributed by atoms with van der Waals surface area (Å²) in [4.78, 5) is 13.9. The van der Waals surface area contributed by atoms with E-state index in [2.05, 4.69) is 26.8 Å². The Kier molecular flexibility index (Phi) is 7.46. The van der Waals surface area contributed by atoms with Crippen molar-refractivity contribution in [1.29, 1.82) is 0 Å². The molecule has 1 saturated heterocycles. The van der Waals surface area contributed by atoms with Gasteiger partial charge in [0.25, 0.3) is 0 Å². The molecule has 2 aromatic carbocycles. The summed E-state index contributed by atoms with van der Waals surface area (Å²) in [7, 11) is 2.20. The SMILES string of the molecule is CN1CCN(C2CCC(n3nc(-c4ccc(Cc5c(F)cccc5Cl)c(Cl)c4)c4c(N)ncnc43)CC2)CC1. The molecule has 4 aromatic rings. The molecule has 0 spiro atoms. The number of hydrogen-bond donors (Lipinski definition) is 1. The maximum Gasteiger partial charge on any atom is 0.164 e. The maximum absolute atomic E-state index is 14.4. The first-order valence-corrected chi connectivity index (χ1v) is 14.3. The van der Waals surface area contributed by atoms with Crippen LogP contribution in [-0.2, 0) is 6.42 Å². The monoisotopic (exact) mass is 567 g/mol. The fourth-order valence-electron chi connectivity index (χ4n) is 6.04. The lowest BCUT2D eigenvalue weighted by Crippen LogP contribution is -2.49. The molecule has 10 heteroatoms. The minimum absolute atomic E-state index is 0.247. The Morgan fingerprint density at radius 2 is 1.69 bits per heavy atom. The molecule has 0 unspecified atom stereocenters. The Labute approximate surface area is 237 Å². The first-order valence-electron chi connectivity index (χ1n) is 13.5. The summed E-state index contributed by atoms with van der Waals surface area (Å²) in [5.41, 5.74) is 9.85. The van der Waals surface area contributed by atoms with E-state index in [1.54, 1.807) is 12.1 Å². The molecule has 3 heterocycles. The van der Waals surface area contributed by atoms with Crippen molar-refractivity contribution in [2.24, 2.45) is 0 Å². The Bertz CT molecular complexity index is 1470. The molecule has 7 nitrogen and oxygen atoms in total. The Hall–Kier alpha value is -2.78. The minimum atomic E-state index is -0.348. The second kappa shape index (κ2) is 11.0. The van der Waals surface area contributed by atoms with Crippen LogP contribution in [0, 0.1) is 5.82 Å². The van der Waals surface area contributed by atoms with E-state index >= 15 is 0 Å². The number of aromatic nitrogens is 4. The topological polar surface area (TPSA) is 76.1 Å². The van der Waals surface area contributed by atoms with Crippen LogP contribution < -0.4 is 5.73 Å². The van der Waals surface area contributed by atoms with E-state index in [1.165, 1.54) is 12.4 Å².